The Kier molecular flexibility index (Phi) is 6.39. The van der Waals surface area contributed by atoms with Crippen molar-refractivity contribution in [2.45, 2.75) is 32.6 Å². The van der Waals surface area contributed by atoms with Crippen molar-refractivity contribution in [3.63, 3.8) is 0 Å². The quantitative estimate of drug-likeness (QED) is 0.763. The maximum atomic E-state index is 12.0. The fraction of sp³-hybridized carbons (Fsp3) is 0.333. The lowest BCUT2D eigenvalue weighted by molar-refractivity contribution is -0.115. The summed E-state index contributed by atoms with van der Waals surface area (Å²) < 4.78 is 4.64. The van der Waals surface area contributed by atoms with Crippen LogP contribution in [0.25, 0.3) is 0 Å². The molecule has 5 nitrogen and oxygen atoms in total. The molecule has 0 aliphatic heterocycles. The van der Waals surface area contributed by atoms with Gasteiger partial charge in [0.25, 0.3) is 0 Å². The van der Waals surface area contributed by atoms with E-state index in [2.05, 4.69) is 48.3 Å². The molecule has 0 heterocycles. The summed E-state index contributed by atoms with van der Waals surface area (Å²) in [5.41, 5.74) is 3.49. The fourth-order valence-electron chi connectivity index (χ4n) is 2.44. The molecule has 26 heavy (non-hydrogen) atoms. The predicted molar refractivity (Wildman–Crippen MR) is 105 cm³/mol. The Morgan fingerprint density at radius 2 is 1.50 bits per heavy atom. The molecule has 2 rings (SSSR count). The van der Waals surface area contributed by atoms with Gasteiger partial charge < -0.3 is 15.4 Å². The van der Waals surface area contributed by atoms with Gasteiger partial charge in [-0.25, -0.2) is 4.79 Å². The van der Waals surface area contributed by atoms with Gasteiger partial charge >= 0.3 is 5.97 Å². The van der Waals surface area contributed by atoms with Crippen LogP contribution < -0.4 is 10.6 Å². The largest absolute Gasteiger partial charge is 0.465 e. The lowest BCUT2D eigenvalue weighted by Crippen LogP contribution is -2.16. The van der Waals surface area contributed by atoms with E-state index in [1.165, 1.54) is 12.7 Å². The molecule has 5 heteroatoms. The zero-order chi connectivity index (χ0) is 19.2. The first-order valence-corrected chi connectivity index (χ1v) is 8.62. The topological polar surface area (TPSA) is 67.4 Å². The first kappa shape index (κ1) is 19.5. The monoisotopic (exact) mass is 354 g/mol. The van der Waals surface area contributed by atoms with E-state index in [1.807, 2.05) is 12.1 Å². The van der Waals surface area contributed by atoms with Gasteiger partial charge in [0, 0.05) is 24.3 Å². The van der Waals surface area contributed by atoms with Gasteiger partial charge in [-0.3, -0.25) is 4.79 Å². The second-order valence-corrected chi connectivity index (χ2v) is 7.12. The number of methoxy groups -OCH3 is 1. The molecule has 0 bridgehead atoms. The molecule has 0 aliphatic rings. The molecular formula is C21H26N2O3. The highest BCUT2D eigenvalue weighted by Gasteiger charge is 2.12. The SMILES string of the molecule is COC(=O)c1ccc(NC(=O)CCNc2ccc(C(C)(C)C)cc2)cc1. The number of amides is 1. The van der Waals surface area contributed by atoms with Crippen LogP contribution in [0, 0.1) is 0 Å². The molecule has 0 spiro atoms. The summed E-state index contributed by atoms with van der Waals surface area (Å²) in [5.74, 6) is -0.487. The molecule has 0 saturated heterocycles. The van der Waals surface area contributed by atoms with Crippen LogP contribution in [-0.4, -0.2) is 25.5 Å². The second kappa shape index (κ2) is 8.52. The summed E-state index contributed by atoms with van der Waals surface area (Å²) in [6, 6.07) is 14.9. The highest BCUT2D eigenvalue weighted by molar-refractivity contribution is 5.93. The van der Waals surface area contributed by atoms with Gasteiger partial charge in [-0.05, 0) is 47.4 Å². The van der Waals surface area contributed by atoms with Gasteiger partial charge in [0.1, 0.15) is 0 Å². The highest BCUT2D eigenvalue weighted by atomic mass is 16.5. The Hall–Kier alpha value is -2.82. The van der Waals surface area contributed by atoms with Crippen LogP contribution in [0.2, 0.25) is 0 Å². The lowest BCUT2D eigenvalue weighted by Gasteiger charge is -2.19. The summed E-state index contributed by atoms with van der Waals surface area (Å²) in [7, 11) is 1.34. The molecule has 0 aliphatic carbocycles. The molecule has 0 fully saturated rings. The number of carbonyl (C=O) groups excluding carboxylic acids is 2. The van der Waals surface area contributed by atoms with Crippen molar-refractivity contribution in [1.82, 2.24) is 0 Å². The number of hydrogen-bond acceptors (Lipinski definition) is 4. The zero-order valence-corrected chi connectivity index (χ0v) is 15.8. The first-order chi connectivity index (χ1) is 12.3. The number of carbonyl (C=O) groups is 2. The molecule has 0 aromatic heterocycles. The van der Waals surface area contributed by atoms with Gasteiger partial charge in [0.15, 0.2) is 0 Å². The van der Waals surface area contributed by atoms with E-state index in [9.17, 15) is 9.59 Å². The third-order valence-corrected chi connectivity index (χ3v) is 4.02. The van der Waals surface area contributed by atoms with Gasteiger partial charge in [-0.2, -0.15) is 0 Å². The van der Waals surface area contributed by atoms with Crippen molar-refractivity contribution in [1.29, 1.82) is 0 Å². The second-order valence-electron chi connectivity index (χ2n) is 7.12. The van der Waals surface area contributed by atoms with Crippen LogP contribution in [0.3, 0.4) is 0 Å². The number of rotatable bonds is 6. The normalized spacial score (nSPS) is 10.9. The summed E-state index contributed by atoms with van der Waals surface area (Å²) in [6.45, 7) is 7.08. The molecule has 2 aromatic carbocycles. The smallest absolute Gasteiger partial charge is 0.337 e. The molecular weight excluding hydrogens is 328 g/mol. The van der Waals surface area contributed by atoms with Crippen LogP contribution in [0.5, 0.6) is 0 Å². The number of hydrogen-bond donors (Lipinski definition) is 2. The lowest BCUT2D eigenvalue weighted by atomic mass is 9.87. The third-order valence-electron chi connectivity index (χ3n) is 4.02. The van der Waals surface area contributed by atoms with Gasteiger partial charge in [-0.1, -0.05) is 32.9 Å². The minimum Gasteiger partial charge on any atom is -0.465 e. The van der Waals surface area contributed by atoms with Crippen molar-refractivity contribution in [3.05, 3.63) is 59.7 Å². The standard InChI is InChI=1S/C21H26N2O3/c1-21(2,3)16-7-11-17(12-8-16)22-14-13-19(24)23-18-9-5-15(6-10-18)20(25)26-4/h5-12,22H,13-14H2,1-4H3,(H,23,24). The number of nitrogens with one attached hydrogen (secondary N) is 2. The number of anilines is 2. The molecule has 1 amide bonds. The highest BCUT2D eigenvalue weighted by Crippen LogP contribution is 2.23. The van der Waals surface area contributed by atoms with E-state index in [0.717, 1.165) is 5.69 Å². The third kappa shape index (κ3) is 5.62. The Labute approximate surface area is 154 Å². The molecule has 0 radical (unpaired) electrons. The zero-order valence-electron chi connectivity index (χ0n) is 15.8. The summed E-state index contributed by atoms with van der Waals surface area (Å²) >= 11 is 0. The maximum Gasteiger partial charge on any atom is 0.337 e. The Morgan fingerprint density at radius 1 is 0.923 bits per heavy atom. The minimum absolute atomic E-state index is 0.0883. The van der Waals surface area contributed by atoms with Crippen molar-refractivity contribution in [3.8, 4) is 0 Å². The maximum absolute atomic E-state index is 12.0. The Morgan fingerprint density at radius 3 is 2.04 bits per heavy atom. The van der Waals surface area contributed by atoms with Crippen molar-refractivity contribution in [2.24, 2.45) is 0 Å². The Bertz CT molecular complexity index is 744. The van der Waals surface area contributed by atoms with Gasteiger partial charge in [0.05, 0.1) is 12.7 Å². The molecule has 2 aromatic rings. The predicted octanol–water partition coefficient (Wildman–Crippen LogP) is 4.21. The van der Waals surface area contributed by atoms with Gasteiger partial charge in [-0.15, -0.1) is 0 Å². The minimum atomic E-state index is -0.399. The van der Waals surface area contributed by atoms with Crippen molar-refractivity contribution < 1.29 is 14.3 Å². The molecule has 0 unspecified atom stereocenters. The van der Waals surface area contributed by atoms with E-state index in [4.69, 9.17) is 0 Å². The molecule has 0 saturated carbocycles. The van der Waals surface area contributed by atoms with E-state index >= 15 is 0 Å². The molecule has 2 N–H and O–H groups in total. The number of ether oxygens (including phenoxy) is 1. The summed E-state index contributed by atoms with van der Waals surface area (Å²) in [5, 5.41) is 6.06. The van der Waals surface area contributed by atoms with E-state index < -0.39 is 5.97 Å². The average Bonchev–Trinajstić information content (AvgIpc) is 2.61. The van der Waals surface area contributed by atoms with Crippen molar-refractivity contribution in [2.75, 3.05) is 24.3 Å². The Balaban J connectivity index is 1.79. The van der Waals surface area contributed by atoms with Crippen LogP contribution in [0.4, 0.5) is 11.4 Å². The van der Waals surface area contributed by atoms with Crippen LogP contribution >= 0.6 is 0 Å². The van der Waals surface area contributed by atoms with E-state index in [1.54, 1.807) is 24.3 Å². The summed E-state index contributed by atoms with van der Waals surface area (Å²) in [4.78, 5) is 23.4. The fourth-order valence-corrected chi connectivity index (χ4v) is 2.44. The molecule has 138 valence electrons. The number of benzene rings is 2. The molecule has 0 atom stereocenters. The van der Waals surface area contributed by atoms with Crippen molar-refractivity contribution >= 4 is 23.3 Å². The van der Waals surface area contributed by atoms with Gasteiger partial charge in [0.2, 0.25) is 5.91 Å². The van der Waals surface area contributed by atoms with Crippen LogP contribution in [0.15, 0.2) is 48.5 Å². The van der Waals surface area contributed by atoms with E-state index in [0.29, 0.717) is 24.2 Å². The van der Waals surface area contributed by atoms with Crippen LogP contribution in [0.1, 0.15) is 43.1 Å². The average molecular weight is 354 g/mol. The van der Waals surface area contributed by atoms with Crippen LogP contribution in [-0.2, 0) is 14.9 Å². The summed E-state index contributed by atoms with van der Waals surface area (Å²) in [6.07, 6.45) is 0.347. The van der Waals surface area contributed by atoms with E-state index in [-0.39, 0.29) is 11.3 Å². The number of esters is 1. The first-order valence-electron chi connectivity index (χ1n) is 8.62.